The fourth-order valence-corrected chi connectivity index (χ4v) is 4.62. The van der Waals surface area contributed by atoms with Crippen LogP contribution >= 0.6 is 12.6 Å². The molecule has 1 N–H and O–H groups in total. The number of unbranched alkanes of at least 4 members (excludes halogenated alkanes) is 7. The lowest BCUT2D eigenvalue weighted by Crippen LogP contribution is -2.29. The van der Waals surface area contributed by atoms with Gasteiger partial charge in [0, 0.05) is 50.6 Å². The standard InChI is InChI=1S/C14H28O2S.C12H13N3O2/c1-3-4-5-6-7-8-9-10-11-13(12(2)17)14(15)16;16-9-7-8(13-1-2-13)12(17)11(15-5-6-15)10(9)14-3-4-14/h12-13,17H,3-11H2,1-2H3,(H,15,16);7H,1-6H2. The highest BCUT2D eigenvalue weighted by atomic mass is 32.1. The number of thiol groups is 1. The van der Waals surface area contributed by atoms with Crippen LogP contribution in [0.5, 0.6) is 0 Å². The third-order valence-corrected chi connectivity index (χ3v) is 7.12. The van der Waals surface area contributed by atoms with Crippen LogP contribution in [0.25, 0.3) is 0 Å². The molecular weight excluding hydrogens is 450 g/mol. The SMILES string of the molecule is CCCCCCCCCCC(C(=O)O)C(C)S.O=C1C=C(N2CC2)C(=O)C(N2CC2)=C1N1CC1. The average Bonchev–Trinajstić information content (AvgIpc) is 3.63. The van der Waals surface area contributed by atoms with E-state index in [2.05, 4.69) is 19.6 Å². The lowest BCUT2D eigenvalue weighted by Gasteiger charge is -2.21. The molecule has 190 valence electrons. The summed E-state index contributed by atoms with van der Waals surface area (Å²) in [5.74, 6) is -0.929. The molecule has 8 heteroatoms. The highest BCUT2D eigenvalue weighted by Gasteiger charge is 2.43. The molecule has 0 spiro atoms. The van der Waals surface area contributed by atoms with Gasteiger partial charge in [0.15, 0.2) is 0 Å². The highest BCUT2D eigenvalue weighted by molar-refractivity contribution is 7.81. The number of Topliss-reactive ketones (excluding diaryl/α,β-unsaturated/α-hetero) is 1. The second-order valence-electron chi connectivity index (χ2n) is 9.83. The molecule has 0 bridgehead atoms. The molecule has 0 aromatic rings. The molecule has 0 saturated carbocycles. The van der Waals surface area contributed by atoms with Crippen LogP contribution in [0.2, 0.25) is 0 Å². The van der Waals surface area contributed by atoms with Crippen molar-refractivity contribution in [1.82, 2.24) is 14.7 Å². The van der Waals surface area contributed by atoms with Gasteiger partial charge in [0.2, 0.25) is 11.6 Å². The Hall–Kier alpha value is -1.96. The molecule has 3 fully saturated rings. The summed E-state index contributed by atoms with van der Waals surface area (Å²) in [6.07, 6.45) is 12.3. The number of carboxylic acids is 1. The lowest BCUT2D eigenvalue weighted by atomic mass is 9.97. The summed E-state index contributed by atoms with van der Waals surface area (Å²) in [7, 11) is 0. The number of ketones is 2. The summed E-state index contributed by atoms with van der Waals surface area (Å²) in [5.41, 5.74) is 1.89. The Kier molecular flexibility index (Phi) is 9.92. The number of aliphatic carboxylic acids is 1. The highest BCUT2D eigenvalue weighted by Crippen LogP contribution is 2.34. The molecule has 1 aliphatic carbocycles. The average molecular weight is 492 g/mol. The summed E-state index contributed by atoms with van der Waals surface area (Å²) in [6.45, 7) is 9.50. The number of rotatable bonds is 14. The van der Waals surface area contributed by atoms with Gasteiger partial charge < -0.3 is 19.8 Å². The maximum atomic E-state index is 12.4. The smallest absolute Gasteiger partial charge is 0.307 e. The first-order chi connectivity index (χ1) is 16.3. The van der Waals surface area contributed by atoms with E-state index in [-0.39, 0.29) is 22.7 Å². The Bertz CT molecular complexity index is 811. The first-order valence-electron chi connectivity index (χ1n) is 13.1. The summed E-state index contributed by atoms with van der Waals surface area (Å²) < 4.78 is 0. The van der Waals surface area contributed by atoms with Crippen molar-refractivity contribution in [2.45, 2.75) is 76.9 Å². The molecule has 4 rings (SSSR count). The number of allylic oxidation sites excluding steroid dienone is 1. The second kappa shape index (κ2) is 12.7. The van der Waals surface area contributed by atoms with Crippen molar-refractivity contribution in [3.05, 3.63) is 23.2 Å². The van der Waals surface area contributed by atoms with E-state index in [4.69, 9.17) is 5.11 Å². The molecule has 0 aromatic carbocycles. The molecule has 3 heterocycles. The van der Waals surface area contributed by atoms with E-state index in [9.17, 15) is 14.4 Å². The third-order valence-electron chi connectivity index (χ3n) is 6.76. The van der Waals surface area contributed by atoms with Crippen molar-refractivity contribution >= 4 is 30.2 Å². The van der Waals surface area contributed by atoms with Crippen LogP contribution in [-0.2, 0) is 14.4 Å². The quantitative estimate of drug-likeness (QED) is 0.166. The first kappa shape index (κ1) is 26.6. The van der Waals surface area contributed by atoms with Crippen LogP contribution < -0.4 is 0 Å². The van der Waals surface area contributed by atoms with Crippen LogP contribution in [0.1, 0.15) is 71.6 Å². The zero-order valence-electron chi connectivity index (χ0n) is 20.8. The van der Waals surface area contributed by atoms with Crippen LogP contribution in [-0.4, -0.2) is 81.9 Å². The largest absolute Gasteiger partial charge is 0.481 e. The van der Waals surface area contributed by atoms with Gasteiger partial charge in [-0.1, -0.05) is 65.2 Å². The molecule has 3 aliphatic heterocycles. The minimum atomic E-state index is -0.699. The molecule has 2 atom stereocenters. The molecular formula is C26H41N3O4S. The van der Waals surface area contributed by atoms with Crippen molar-refractivity contribution in [1.29, 1.82) is 0 Å². The normalized spacial score (nSPS) is 20.6. The van der Waals surface area contributed by atoms with Gasteiger partial charge in [0.25, 0.3) is 0 Å². The van der Waals surface area contributed by atoms with Gasteiger partial charge in [-0.05, 0) is 6.42 Å². The number of nitrogens with zero attached hydrogens (tertiary/aromatic N) is 3. The van der Waals surface area contributed by atoms with Crippen molar-refractivity contribution in [2.24, 2.45) is 5.92 Å². The first-order valence-corrected chi connectivity index (χ1v) is 13.6. The number of carbonyl (C=O) groups excluding carboxylic acids is 2. The molecule has 2 unspecified atom stereocenters. The van der Waals surface area contributed by atoms with E-state index < -0.39 is 5.97 Å². The molecule has 4 aliphatic rings. The molecule has 0 amide bonds. The molecule has 7 nitrogen and oxygen atoms in total. The van der Waals surface area contributed by atoms with Gasteiger partial charge in [-0.2, -0.15) is 12.6 Å². The van der Waals surface area contributed by atoms with Crippen LogP contribution in [0, 0.1) is 5.92 Å². The number of hydrogen-bond donors (Lipinski definition) is 2. The Balaban J connectivity index is 0.000000191. The monoisotopic (exact) mass is 491 g/mol. The van der Waals surface area contributed by atoms with E-state index in [0.717, 1.165) is 58.5 Å². The molecule has 0 radical (unpaired) electrons. The minimum Gasteiger partial charge on any atom is -0.481 e. The zero-order chi connectivity index (χ0) is 24.7. The third kappa shape index (κ3) is 7.79. The van der Waals surface area contributed by atoms with Crippen molar-refractivity contribution in [2.75, 3.05) is 39.3 Å². The molecule has 0 aromatic heterocycles. The summed E-state index contributed by atoms with van der Waals surface area (Å²) >= 11 is 4.23. The van der Waals surface area contributed by atoms with Crippen LogP contribution in [0.4, 0.5) is 0 Å². The predicted octanol–water partition coefficient (Wildman–Crippen LogP) is 3.72. The van der Waals surface area contributed by atoms with Gasteiger partial charge in [-0.15, -0.1) is 0 Å². The lowest BCUT2D eigenvalue weighted by molar-refractivity contribution is -0.141. The van der Waals surface area contributed by atoms with Crippen LogP contribution in [0.15, 0.2) is 23.2 Å². The number of carboxylic acid groups (broad SMARTS) is 1. The van der Waals surface area contributed by atoms with E-state index in [1.54, 1.807) is 0 Å². The molecule has 34 heavy (non-hydrogen) atoms. The van der Waals surface area contributed by atoms with Crippen molar-refractivity contribution in [3.8, 4) is 0 Å². The fourth-order valence-electron chi connectivity index (χ4n) is 4.34. The van der Waals surface area contributed by atoms with Gasteiger partial charge in [0.05, 0.1) is 11.6 Å². The van der Waals surface area contributed by atoms with Crippen molar-refractivity contribution < 1.29 is 19.5 Å². The second-order valence-corrected chi connectivity index (χ2v) is 10.6. The number of carbonyl (C=O) groups is 3. The van der Waals surface area contributed by atoms with Gasteiger partial charge in [0.1, 0.15) is 11.4 Å². The van der Waals surface area contributed by atoms with E-state index in [0.29, 0.717) is 17.1 Å². The predicted molar refractivity (Wildman–Crippen MR) is 137 cm³/mol. The van der Waals surface area contributed by atoms with Crippen molar-refractivity contribution in [3.63, 3.8) is 0 Å². The Morgan fingerprint density at radius 3 is 1.85 bits per heavy atom. The Morgan fingerprint density at radius 2 is 1.38 bits per heavy atom. The molecule has 3 saturated heterocycles. The number of hydrogen-bond acceptors (Lipinski definition) is 7. The van der Waals surface area contributed by atoms with E-state index >= 15 is 0 Å². The van der Waals surface area contributed by atoms with Gasteiger partial charge >= 0.3 is 5.97 Å². The fraction of sp³-hybridized carbons (Fsp3) is 0.731. The summed E-state index contributed by atoms with van der Waals surface area (Å²) in [4.78, 5) is 41.4. The van der Waals surface area contributed by atoms with E-state index in [1.165, 1.54) is 44.6 Å². The summed E-state index contributed by atoms with van der Waals surface area (Å²) in [5, 5.41) is 8.95. The van der Waals surface area contributed by atoms with E-state index in [1.807, 2.05) is 21.6 Å². The zero-order valence-corrected chi connectivity index (χ0v) is 21.7. The summed E-state index contributed by atoms with van der Waals surface area (Å²) in [6, 6.07) is 0. The van der Waals surface area contributed by atoms with Gasteiger partial charge in [-0.25, -0.2) is 0 Å². The Labute approximate surface area is 209 Å². The van der Waals surface area contributed by atoms with Crippen LogP contribution in [0.3, 0.4) is 0 Å². The maximum absolute atomic E-state index is 12.4. The topological polar surface area (TPSA) is 80.5 Å². The minimum absolute atomic E-state index is 0.00546. The maximum Gasteiger partial charge on any atom is 0.307 e. The Morgan fingerprint density at radius 1 is 0.882 bits per heavy atom. The van der Waals surface area contributed by atoms with Gasteiger partial charge in [-0.3, -0.25) is 14.4 Å².